The fraction of sp³-hybridized carbons (Fsp3) is 0.568. The Morgan fingerprint density at radius 3 is 1.77 bits per heavy atom. The van der Waals surface area contributed by atoms with Crippen LogP contribution < -0.4 is 16.2 Å². The number of pyridine rings is 1. The summed E-state index contributed by atoms with van der Waals surface area (Å²) in [6, 6.07) is 14.0. The van der Waals surface area contributed by atoms with Crippen LogP contribution in [0.15, 0.2) is 59.6 Å². The number of ketones is 1. The quantitative estimate of drug-likeness (QED) is 0.0839. The topological polar surface area (TPSA) is 220 Å². The van der Waals surface area contributed by atoms with Crippen LogP contribution in [0.1, 0.15) is 40.7 Å². The van der Waals surface area contributed by atoms with E-state index in [9.17, 15) is 18.0 Å². The number of fused-ring (bicyclic) bond motifs is 1. The minimum absolute atomic E-state index is 0.0758. The van der Waals surface area contributed by atoms with Crippen molar-refractivity contribution in [3.05, 3.63) is 71.4 Å². The van der Waals surface area contributed by atoms with Gasteiger partial charge in [0.15, 0.2) is 9.84 Å². The molecule has 2 heterocycles. The third kappa shape index (κ3) is 19.1. The average molecular weight is 889 g/mol. The number of aromatic nitrogens is 1. The van der Waals surface area contributed by atoms with Crippen LogP contribution in [0.25, 0.3) is 11.1 Å². The van der Waals surface area contributed by atoms with E-state index >= 15 is 0 Å². The van der Waals surface area contributed by atoms with Crippen molar-refractivity contribution in [2.45, 2.75) is 37.6 Å². The number of sulfone groups is 1. The zero-order valence-corrected chi connectivity index (χ0v) is 36.7. The number of anilines is 1. The number of carbonyl (C=O) groups is 2. The van der Waals surface area contributed by atoms with Gasteiger partial charge in [-0.2, -0.15) is 0 Å². The highest BCUT2D eigenvalue weighted by Crippen LogP contribution is 2.30. The smallest absolute Gasteiger partial charge is 0.254 e. The summed E-state index contributed by atoms with van der Waals surface area (Å²) in [7, 11) is -3.67. The molecule has 0 saturated carbocycles. The first-order chi connectivity index (χ1) is 30.2. The van der Waals surface area contributed by atoms with E-state index in [4.69, 9.17) is 54.1 Å². The van der Waals surface area contributed by atoms with E-state index in [0.29, 0.717) is 148 Å². The number of ether oxygens (including phenoxy) is 9. The maximum Gasteiger partial charge on any atom is 0.254 e. The molecule has 0 bridgehead atoms. The largest absolute Gasteiger partial charge is 0.491 e. The number of hydrogen-bond acceptors (Lipinski definition) is 16. The van der Waals surface area contributed by atoms with Crippen molar-refractivity contribution in [1.29, 1.82) is 0 Å². The number of carbonyl (C=O) groups excluding carboxylic acids is 2. The number of hydrogen-bond donors (Lipinski definition) is 2. The number of amides is 1. The summed E-state index contributed by atoms with van der Waals surface area (Å²) in [4.78, 5) is 32.1. The molecule has 0 saturated heterocycles. The Balaban J connectivity index is 0.989. The van der Waals surface area contributed by atoms with Crippen LogP contribution in [-0.2, 0) is 59.1 Å². The number of Topliss-reactive ketones (excluding diaryl/α,β-unsaturated/α-hetero) is 1. The lowest BCUT2D eigenvalue weighted by atomic mass is 10.0. The van der Waals surface area contributed by atoms with Gasteiger partial charge in [-0.1, -0.05) is 6.07 Å². The Labute approximate surface area is 365 Å². The molecule has 0 fully saturated rings. The van der Waals surface area contributed by atoms with Crippen molar-refractivity contribution < 1.29 is 60.6 Å². The Morgan fingerprint density at radius 1 is 0.694 bits per heavy atom. The normalized spacial score (nSPS) is 12.8. The molecule has 4 N–H and O–H groups in total. The van der Waals surface area contributed by atoms with Crippen molar-refractivity contribution in [1.82, 2.24) is 9.88 Å². The van der Waals surface area contributed by atoms with Crippen LogP contribution >= 0.6 is 0 Å². The van der Waals surface area contributed by atoms with Crippen LogP contribution in [0.5, 0.6) is 5.75 Å². The van der Waals surface area contributed by atoms with Crippen LogP contribution in [0.3, 0.4) is 0 Å². The molecule has 3 aromatic rings. The molecule has 0 spiro atoms. The Bertz CT molecular complexity index is 1870. The second-order valence-corrected chi connectivity index (χ2v) is 16.4. The van der Waals surface area contributed by atoms with Gasteiger partial charge in [-0.25, -0.2) is 13.4 Å². The molecule has 344 valence electrons. The molecular formula is C44H64N4O13S. The zero-order valence-electron chi connectivity index (χ0n) is 35.9. The van der Waals surface area contributed by atoms with Crippen molar-refractivity contribution in [3.63, 3.8) is 0 Å². The fourth-order valence-corrected chi connectivity index (χ4v) is 7.57. The monoisotopic (exact) mass is 888 g/mol. The van der Waals surface area contributed by atoms with Gasteiger partial charge in [0.25, 0.3) is 5.91 Å². The lowest BCUT2D eigenvalue weighted by Gasteiger charge is -2.21. The van der Waals surface area contributed by atoms with Gasteiger partial charge >= 0.3 is 0 Å². The van der Waals surface area contributed by atoms with Crippen molar-refractivity contribution in [3.8, 4) is 16.9 Å². The van der Waals surface area contributed by atoms with E-state index in [1.807, 2.05) is 24.3 Å². The molecule has 0 atom stereocenters. The maximum atomic E-state index is 13.7. The number of nitrogens with two attached hydrogens (primary N) is 2. The SMILES string of the molecule is Cc1cc(S(=O)(=O)CCCC(=O)CCOCCOCCOCCOCCOCCOCCOCCOCCN)ccc1C(=O)N1CCOc2ccc(-c3ccc(N)nc3)cc2C1. The molecule has 1 aliphatic rings. The third-order valence-electron chi connectivity index (χ3n) is 9.49. The molecule has 0 aliphatic carbocycles. The number of aryl methyl sites for hydroxylation is 1. The molecule has 17 nitrogen and oxygen atoms in total. The van der Waals surface area contributed by atoms with Gasteiger partial charge in [-0.15, -0.1) is 0 Å². The van der Waals surface area contributed by atoms with E-state index in [-0.39, 0.29) is 48.2 Å². The van der Waals surface area contributed by atoms with Gasteiger partial charge in [0.05, 0.1) is 123 Å². The molecule has 2 aromatic carbocycles. The summed E-state index contributed by atoms with van der Waals surface area (Å²) in [5.41, 5.74) is 14.7. The molecule has 0 radical (unpaired) electrons. The summed E-state index contributed by atoms with van der Waals surface area (Å²) < 4.78 is 75.7. The van der Waals surface area contributed by atoms with Gasteiger partial charge in [-0.3, -0.25) is 9.59 Å². The van der Waals surface area contributed by atoms with Crippen molar-refractivity contribution in [2.24, 2.45) is 5.73 Å². The maximum absolute atomic E-state index is 13.7. The minimum Gasteiger partial charge on any atom is -0.491 e. The van der Waals surface area contributed by atoms with Gasteiger partial charge < -0.3 is 59.0 Å². The predicted octanol–water partition coefficient (Wildman–Crippen LogP) is 3.28. The third-order valence-corrected chi connectivity index (χ3v) is 11.3. The summed E-state index contributed by atoms with van der Waals surface area (Å²) in [6.07, 6.45) is 2.19. The van der Waals surface area contributed by atoms with E-state index < -0.39 is 9.84 Å². The average Bonchev–Trinajstić information content (AvgIpc) is 3.48. The molecule has 62 heavy (non-hydrogen) atoms. The number of nitrogen functional groups attached to an aromatic ring is 1. The lowest BCUT2D eigenvalue weighted by molar-refractivity contribution is -0.120. The molecule has 1 aromatic heterocycles. The summed E-state index contributed by atoms with van der Waals surface area (Å²) >= 11 is 0. The fourth-order valence-electron chi connectivity index (χ4n) is 6.18. The van der Waals surface area contributed by atoms with Crippen LogP contribution in [-0.4, -0.2) is 161 Å². The molecule has 1 amide bonds. The first-order valence-corrected chi connectivity index (χ1v) is 22.8. The van der Waals surface area contributed by atoms with E-state index in [2.05, 4.69) is 4.98 Å². The van der Waals surface area contributed by atoms with Crippen LogP contribution in [0.2, 0.25) is 0 Å². The van der Waals surface area contributed by atoms with E-state index in [1.54, 1.807) is 30.2 Å². The Hall–Kier alpha value is -4.08. The number of benzene rings is 2. The first-order valence-electron chi connectivity index (χ1n) is 21.1. The predicted molar refractivity (Wildman–Crippen MR) is 232 cm³/mol. The second kappa shape index (κ2) is 29.3. The molecule has 1 aliphatic heterocycles. The van der Waals surface area contributed by atoms with E-state index in [0.717, 1.165) is 16.7 Å². The van der Waals surface area contributed by atoms with Crippen molar-refractivity contribution >= 4 is 27.3 Å². The zero-order chi connectivity index (χ0) is 44.3. The Morgan fingerprint density at radius 2 is 1.24 bits per heavy atom. The van der Waals surface area contributed by atoms with Crippen LogP contribution in [0.4, 0.5) is 5.82 Å². The molecule has 4 rings (SSSR count). The van der Waals surface area contributed by atoms with Gasteiger partial charge in [-0.05, 0) is 66.9 Å². The highest BCUT2D eigenvalue weighted by molar-refractivity contribution is 7.91. The first kappa shape index (κ1) is 50.6. The molecule has 18 heteroatoms. The molecule has 0 unspecified atom stereocenters. The highest BCUT2D eigenvalue weighted by atomic mass is 32.2. The summed E-state index contributed by atoms with van der Waals surface area (Å²) in [5.74, 6) is 0.658. The van der Waals surface area contributed by atoms with E-state index in [1.165, 1.54) is 12.1 Å². The van der Waals surface area contributed by atoms with Gasteiger partial charge in [0.1, 0.15) is 24.0 Å². The summed E-state index contributed by atoms with van der Waals surface area (Å²) in [5, 5.41) is 0. The van der Waals surface area contributed by atoms with Gasteiger partial charge in [0, 0.05) is 48.8 Å². The standard InChI is InChI=1S/C44H64N4O13S/c1-35-31-40(6-7-41(35)44(50)48-12-15-61-42-8-4-36(32-38(42)34-48)37-5-9-43(46)47-33-37)62(51,52)30-2-3-39(49)10-13-53-16-18-55-20-22-57-24-26-59-28-29-60-27-25-58-23-21-56-19-17-54-14-11-45/h4-9,31-33H,2-3,10-30,34,45H2,1H3,(H2,46,47). The number of nitrogens with zero attached hydrogens (tertiary/aromatic N) is 2. The van der Waals surface area contributed by atoms with Gasteiger partial charge in [0.2, 0.25) is 0 Å². The summed E-state index contributed by atoms with van der Waals surface area (Å²) in [6.45, 7) is 10.4. The second-order valence-electron chi connectivity index (χ2n) is 14.2. The van der Waals surface area contributed by atoms with Crippen molar-refractivity contribution in [2.75, 3.05) is 137 Å². The van der Waals surface area contributed by atoms with Crippen LogP contribution in [0, 0.1) is 6.92 Å². The highest BCUT2D eigenvalue weighted by Gasteiger charge is 2.24. The lowest BCUT2D eigenvalue weighted by Crippen LogP contribution is -2.33. The minimum atomic E-state index is -3.67. The molecular weight excluding hydrogens is 825 g/mol. The number of rotatable bonds is 33. The Kier molecular flexibility index (Phi) is 23.9.